The number of allylic oxidation sites excluding steroid dienone is 1. The van der Waals surface area contributed by atoms with Gasteiger partial charge in [-0.05, 0) is 31.6 Å². The van der Waals surface area contributed by atoms with Crippen molar-refractivity contribution in [1.82, 2.24) is 14.5 Å². The van der Waals surface area contributed by atoms with Crippen LogP contribution in [0, 0.1) is 11.3 Å². The summed E-state index contributed by atoms with van der Waals surface area (Å²) in [4.78, 5) is 19.5. The van der Waals surface area contributed by atoms with Crippen LogP contribution in [-0.2, 0) is 16.1 Å². The van der Waals surface area contributed by atoms with Crippen molar-refractivity contribution in [1.29, 1.82) is 5.26 Å². The number of rotatable bonds is 6. The van der Waals surface area contributed by atoms with Crippen LogP contribution in [0.4, 0.5) is 5.95 Å². The molecule has 0 saturated carbocycles. The number of carbonyl (C=O) groups excluding carboxylic acids is 1. The van der Waals surface area contributed by atoms with Gasteiger partial charge in [0.2, 0.25) is 5.95 Å². The minimum atomic E-state index is -0.479. The molecule has 1 aliphatic rings. The number of anilines is 1. The molecule has 1 aromatic heterocycles. The number of aromatic nitrogens is 2. The molecule has 2 aromatic rings. The van der Waals surface area contributed by atoms with Crippen molar-refractivity contribution in [2.24, 2.45) is 0 Å². The predicted molar refractivity (Wildman–Crippen MR) is 114 cm³/mol. The molecule has 0 fully saturated rings. The van der Waals surface area contributed by atoms with Gasteiger partial charge in [-0.15, -0.1) is 12.4 Å². The van der Waals surface area contributed by atoms with Gasteiger partial charge in [-0.2, -0.15) is 5.26 Å². The van der Waals surface area contributed by atoms with Gasteiger partial charge in [-0.1, -0.05) is 32.0 Å². The number of esters is 1. The van der Waals surface area contributed by atoms with Gasteiger partial charge in [-0.3, -0.25) is 4.90 Å². The quantitative estimate of drug-likeness (QED) is 0.727. The lowest BCUT2D eigenvalue weighted by Gasteiger charge is -2.32. The van der Waals surface area contributed by atoms with E-state index in [0.29, 0.717) is 29.3 Å². The van der Waals surface area contributed by atoms with E-state index in [0.717, 1.165) is 24.3 Å². The van der Waals surface area contributed by atoms with Gasteiger partial charge in [0, 0.05) is 12.2 Å². The fourth-order valence-corrected chi connectivity index (χ4v) is 3.65. The molecule has 0 saturated heterocycles. The van der Waals surface area contributed by atoms with Gasteiger partial charge in [0.25, 0.3) is 0 Å². The summed E-state index contributed by atoms with van der Waals surface area (Å²) < 4.78 is 7.08. The van der Waals surface area contributed by atoms with Crippen LogP contribution in [0.5, 0.6) is 0 Å². The molecule has 1 unspecified atom stereocenters. The highest BCUT2D eigenvalue weighted by Crippen LogP contribution is 2.39. The standard InChI is InChI=1S/C21H25N5O2.ClH/c1-5-25(6-2)13-16-12-23-21-24-14(3)18(20(27)28-4)19(26(16)21)17-10-8-7-9-15(17)11-22;/h7-10,12,19H,5-6,13H2,1-4H3,(H,23,24);1H. The molecule has 7 nitrogen and oxygen atoms in total. The Balaban J connectivity index is 0.00000300. The molecule has 1 N–H and O–H groups in total. The molecular weight excluding hydrogens is 390 g/mol. The van der Waals surface area contributed by atoms with Crippen LogP contribution in [0.2, 0.25) is 0 Å². The van der Waals surface area contributed by atoms with E-state index in [2.05, 4.69) is 35.1 Å². The van der Waals surface area contributed by atoms with E-state index < -0.39 is 12.0 Å². The second-order valence-electron chi connectivity index (χ2n) is 6.66. The highest BCUT2D eigenvalue weighted by molar-refractivity contribution is 5.92. The van der Waals surface area contributed by atoms with Crippen LogP contribution >= 0.6 is 12.4 Å². The van der Waals surface area contributed by atoms with Crippen LogP contribution < -0.4 is 5.32 Å². The Labute approximate surface area is 177 Å². The number of nitrogens with zero attached hydrogens (tertiary/aromatic N) is 4. The molecule has 0 radical (unpaired) electrons. The maximum Gasteiger partial charge on any atom is 0.337 e. The fraction of sp³-hybridized carbons (Fsp3) is 0.381. The van der Waals surface area contributed by atoms with Gasteiger partial charge < -0.3 is 14.6 Å². The Morgan fingerprint density at radius 1 is 1.34 bits per heavy atom. The molecule has 2 heterocycles. The number of fused-ring (bicyclic) bond motifs is 1. The number of hydrogen-bond donors (Lipinski definition) is 1. The molecule has 8 heteroatoms. The van der Waals surface area contributed by atoms with Gasteiger partial charge in [0.05, 0.1) is 42.2 Å². The SMILES string of the molecule is CCN(CC)Cc1cnc2n1C(c1ccccc1C#N)C(C(=O)OC)=C(C)N2.Cl. The zero-order chi connectivity index (χ0) is 20.3. The molecule has 3 rings (SSSR count). The summed E-state index contributed by atoms with van der Waals surface area (Å²) in [6.07, 6.45) is 1.83. The Morgan fingerprint density at radius 3 is 2.66 bits per heavy atom. The van der Waals surface area contributed by atoms with Gasteiger partial charge in [-0.25, -0.2) is 9.78 Å². The number of carbonyl (C=O) groups is 1. The fourth-order valence-electron chi connectivity index (χ4n) is 3.65. The smallest absolute Gasteiger partial charge is 0.337 e. The number of nitriles is 1. The second kappa shape index (κ2) is 9.59. The molecular formula is C21H26ClN5O2. The molecule has 0 spiro atoms. The summed E-state index contributed by atoms with van der Waals surface area (Å²) in [5, 5.41) is 12.9. The van der Waals surface area contributed by atoms with Crippen molar-refractivity contribution in [3.05, 3.63) is 58.6 Å². The monoisotopic (exact) mass is 415 g/mol. The van der Waals surface area contributed by atoms with Crippen molar-refractivity contribution >= 4 is 24.3 Å². The van der Waals surface area contributed by atoms with Crippen LogP contribution in [-0.4, -0.2) is 40.6 Å². The first-order chi connectivity index (χ1) is 13.5. The van der Waals surface area contributed by atoms with E-state index >= 15 is 0 Å². The molecule has 1 aromatic carbocycles. The van der Waals surface area contributed by atoms with Gasteiger partial charge in [0.1, 0.15) is 0 Å². The number of ether oxygens (including phenoxy) is 1. The average molecular weight is 416 g/mol. The Kier molecular flexibility index (Phi) is 7.43. The summed E-state index contributed by atoms with van der Waals surface area (Å²) in [6.45, 7) is 8.56. The highest BCUT2D eigenvalue weighted by Gasteiger charge is 2.36. The van der Waals surface area contributed by atoms with Crippen molar-refractivity contribution in [3.8, 4) is 6.07 Å². The van der Waals surface area contributed by atoms with Crippen LogP contribution in [0.1, 0.15) is 43.6 Å². The first kappa shape index (κ1) is 22.5. The van der Waals surface area contributed by atoms with Crippen LogP contribution in [0.15, 0.2) is 41.7 Å². The van der Waals surface area contributed by atoms with E-state index in [-0.39, 0.29) is 12.4 Å². The number of hydrogen-bond acceptors (Lipinski definition) is 6. The van der Waals surface area contributed by atoms with E-state index in [1.165, 1.54) is 7.11 Å². The van der Waals surface area contributed by atoms with Crippen molar-refractivity contribution in [2.75, 3.05) is 25.5 Å². The lowest BCUT2D eigenvalue weighted by atomic mass is 9.92. The minimum Gasteiger partial charge on any atom is -0.466 e. The molecule has 0 amide bonds. The molecule has 0 bridgehead atoms. The summed E-state index contributed by atoms with van der Waals surface area (Å²) >= 11 is 0. The maximum atomic E-state index is 12.7. The predicted octanol–water partition coefficient (Wildman–Crippen LogP) is 3.48. The Hall–Kier alpha value is -2.82. The van der Waals surface area contributed by atoms with Crippen molar-refractivity contribution in [3.63, 3.8) is 0 Å². The van der Waals surface area contributed by atoms with E-state index in [1.54, 1.807) is 6.07 Å². The van der Waals surface area contributed by atoms with Gasteiger partial charge in [0.15, 0.2) is 0 Å². The lowest BCUT2D eigenvalue weighted by Crippen LogP contribution is -2.32. The third-order valence-corrected chi connectivity index (χ3v) is 5.17. The third-order valence-electron chi connectivity index (χ3n) is 5.17. The number of imidazole rings is 1. The first-order valence-electron chi connectivity index (χ1n) is 9.39. The highest BCUT2D eigenvalue weighted by atomic mass is 35.5. The topological polar surface area (TPSA) is 83.2 Å². The largest absolute Gasteiger partial charge is 0.466 e. The minimum absolute atomic E-state index is 0. The maximum absolute atomic E-state index is 12.7. The zero-order valence-electron chi connectivity index (χ0n) is 17.1. The molecule has 0 aliphatic carbocycles. The molecule has 1 atom stereocenters. The van der Waals surface area contributed by atoms with Gasteiger partial charge >= 0.3 is 5.97 Å². The normalized spacial score (nSPS) is 15.2. The third kappa shape index (κ3) is 4.14. The van der Waals surface area contributed by atoms with Crippen LogP contribution in [0.3, 0.4) is 0 Å². The summed E-state index contributed by atoms with van der Waals surface area (Å²) in [5.74, 6) is 0.237. The van der Waals surface area contributed by atoms with Crippen LogP contribution in [0.25, 0.3) is 0 Å². The molecule has 154 valence electrons. The first-order valence-corrected chi connectivity index (χ1v) is 9.39. The van der Waals surface area contributed by atoms with Crippen molar-refractivity contribution in [2.45, 2.75) is 33.4 Å². The molecule has 29 heavy (non-hydrogen) atoms. The van der Waals surface area contributed by atoms with E-state index in [1.807, 2.05) is 35.9 Å². The number of halogens is 1. The Bertz CT molecular complexity index is 956. The lowest BCUT2D eigenvalue weighted by molar-refractivity contribution is -0.136. The number of nitrogens with one attached hydrogen (secondary N) is 1. The molecule has 1 aliphatic heterocycles. The zero-order valence-corrected chi connectivity index (χ0v) is 17.9. The summed E-state index contributed by atoms with van der Waals surface area (Å²) in [5.41, 5.74) is 3.41. The van der Waals surface area contributed by atoms with E-state index in [9.17, 15) is 10.1 Å². The Morgan fingerprint density at radius 2 is 2.03 bits per heavy atom. The van der Waals surface area contributed by atoms with E-state index in [4.69, 9.17) is 4.74 Å². The summed E-state index contributed by atoms with van der Waals surface area (Å²) in [6, 6.07) is 9.12. The second-order valence-corrected chi connectivity index (χ2v) is 6.66. The summed E-state index contributed by atoms with van der Waals surface area (Å²) in [7, 11) is 1.37. The number of methoxy groups -OCH3 is 1. The number of benzene rings is 1. The average Bonchev–Trinajstić information content (AvgIpc) is 3.12. The van der Waals surface area contributed by atoms with Crippen molar-refractivity contribution < 1.29 is 9.53 Å².